The van der Waals surface area contributed by atoms with E-state index < -0.39 is 11.9 Å². The standard InChI is InChI=1S/C23H22N4O4/c1-13-2-3-14-8-9-26(19(14)10-13)23(31)24-16-4-5-17-15(11-16)12-27(22(17)30)18-6-7-20(28)25-21(18)29/h2-5,10-11,18H,6-9,12H2,1H3,(H,24,31)(H,25,28,29). The third kappa shape index (κ3) is 3.34. The smallest absolute Gasteiger partial charge is 0.322 e. The van der Waals surface area contributed by atoms with Crippen molar-refractivity contribution in [2.45, 2.75) is 38.8 Å². The second kappa shape index (κ2) is 7.23. The van der Waals surface area contributed by atoms with E-state index in [4.69, 9.17) is 0 Å². The molecule has 0 saturated carbocycles. The number of anilines is 2. The summed E-state index contributed by atoms with van der Waals surface area (Å²) in [6.07, 6.45) is 1.36. The van der Waals surface area contributed by atoms with Gasteiger partial charge in [0.15, 0.2) is 0 Å². The number of carbonyl (C=O) groups excluding carboxylic acids is 4. The van der Waals surface area contributed by atoms with E-state index in [0.717, 1.165) is 28.8 Å². The average molecular weight is 418 g/mol. The molecule has 0 aliphatic carbocycles. The number of aryl methyl sites for hydroxylation is 1. The normalized spacial score (nSPS) is 19.9. The molecule has 5 amide bonds. The first-order valence-corrected chi connectivity index (χ1v) is 10.4. The summed E-state index contributed by atoms with van der Waals surface area (Å²) in [6.45, 7) is 2.90. The summed E-state index contributed by atoms with van der Waals surface area (Å²) in [5.41, 5.74) is 5.05. The lowest BCUT2D eigenvalue weighted by Gasteiger charge is -2.29. The molecule has 5 rings (SSSR count). The van der Waals surface area contributed by atoms with Gasteiger partial charge in [-0.1, -0.05) is 12.1 Å². The zero-order valence-corrected chi connectivity index (χ0v) is 17.1. The Hall–Kier alpha value is -3.68. The molecule has 2 N–H and O–H groups in total. The molecule has 1 fully saturated rings. The maximum atomic E-state index is 12.9. The molecule has 1 atom stereocenters. The molecule has 0 bridgehead atoms. The largest absolute Gasteiger partial charge is 0.326 e. The van der Waals surface area contributed by atoms with E-state index in [-0.39, 0.29) is 30.8 Å². The number of hydrogen-bond donors (Lipinski definition) is 2. The molecule has 3 aliphatic rings. The molecule has 3 heterocycles. The number of fused-ring (bicyclic) bond motifs is 2. The van der Waals surface area contributed by atoms with Gasteiger partial charge in [-0.05, 0) is 60.7 Å². The Balaban J connectivity index is 1.32. The molecule has 1 saturated heterocycles. The first-order chi connectivity index (χ1) is 14.9. The summed E-state index contributed by atoms with van der Waals surface area (Å²) in [6, 6.07) is 10.4. The molecule has 1 unspecified atom stereocenters. The Morgan fingerprint density at radius 1 is 1.06 bits per heavy atom. The van der Waals surface area contributed by atoms with Crippen molar-refractivity contribution in [2.24, 2.45) is 0 Å². The van der Waals surface area contributed by atoms with E-state index in [1.807, 2.05) is 19.1 Å². The van der Waals surface area contributed by atoms with Gasteiger partial charge in [0, 0.05) is 36.4 Å². The van der Waals surface area contributed by atoms with Crippen molar-refractivity contribution >= 4 is 35.1 Å². The van der Waals surface area contributed by atoms with Crippen LogP contribution in [0.5, 0.6) is 0 Å². The van der Waals surface area contributed by atoms with Crippen molar-refractivity contribution in [3.8, 4) is 0 Å². The number of carbonyl (C=O) groups is 4. The predicted molar refractivity (Wildman–Crippen MR) is 114 cm³/mol. The van der Waals surface area contributed by atoms with Crippen molar-refractivity contribution in [2.75, 3.05) is 16.8 Å². The lowest BCUT2D eigenvalue weighted by atomic mass is 10.0. The van der Waals surface area contributed by atoms with Crippen LogP contribution in [0.3, 0.4) is 0 Å². The number of urea groups is 1. The number of piperidine rings is 1. The molecular weight excluding hydrogens is 396 g/mol. The number of imide groups is 1. The van der Waals surface area contributed by atoms with Crippen molar-refractivity contribution < 1.29 is 19.2 Å². The first kappa shape index (κ1) is 19.3. The van der Waals surface area contributed by atoms with Crippen LogP contribution in [-0.2, 0) is 22.6 Å². The van der Waals surface area contributed by atoms with Crippen molar-refractivity contribution in [1.82, 2.24) is 10.2 Å². The highest BCUT2D eigenvalue weighted by Gasteiger charge is 2.39. The molecular formula is C23H22N4O4. The minimum atomic E-state index is -0.653. The molecule has 31 heavy (non-hydrogen) atoms. The number of rotatable bonds is 2. The summed E-state index contributed by atoms with van der Waals surface area (Å²) >= 11 is 0. The summed E-state index contributed by atoms with van der Waals surface area (Å²) in [4.78, 5) is 52.5. The highest BCUT2D eigenvalue weighted by molar-refractivity contribution is 6.06. The zero-order chi connectivity index (χ0) is 21.7. The SMILES string of the molecule is Cc1ccc2c(c1)N(C(=O)Nc1ccc3c(c1)CN(C1CCC(=O)NC1=O)C3=O)CC2. The predicted octanol–water partition coefficient (Wildman–Crippen LogP) is 2.35. The fourth-order valence-corrected chi connectivity index (χ4v) is 4.54. The molecule has 2 aromatic carbocycles. The maximum absolute atomic E-state index is 12.9. The van der Waals surface area contributed by atoms with Gasteiger partial charge in [-0.15, -0.1) is 0 Å². The Kier molecular flexibility index (Phi) is 4.50. The van der Waals surface area contributed by atoms with E-state index in [9.17, 15) is 19.2 Å². The lowest BCUT2D eigenvalue weighted by molar-refractivity contribution is -0.136. The van der Waals surface area contributed by atoms with Crippen LogP contribution in [0.1, 0.15) is 39.9 Å². The highest BCUT2D eigenvalue weighted by atomic mass is 16.2. The van der Waals surface area contributed by atoms with E-state index in [0.29, 0.717) is 24.2 Å². The van der Waals surface area contributed by atoms with Gasteiger partial charge in [0.1, 0.15) is 6.04 Å². The number of benzene rings is 2. The van der Waals surface area contributed by atoms with Crippen molar-refractivity contribution in [3.63, 3.8) is 0 Å². The second-order valence-electron chi connectivity index (χ2n) is 8.24. The van der Waals surface area contributed by atoms with Gasteiger partial charge in [0.2, 0.25) is 11.8 Å². The molecule has 2 aromatic rings. The zero-order valence-electron chi connectivity index (χ0n) is 17.1. The Morgan fingerprint density at radius 3 is 2.71 bits per heavy atom. The van der Waals surface area contributed by atoms with Crippen LogP contribution < -0.4 is 15.5 Å². The van der Waals surface area contributed by atoms with Crippen LogP contribution >= 0.6 is 0 Å². The number of nitrogens with zero attached hydrogens (tertiary/aromatic N) is 2. The molecule has 0 aromatic heterocycles. The maximum Gasteiger partial charge on any atom is 0.326 e. The fraction of sp³-hybridized carbons (Fsp3) is 0.304. The van der Waals surface area contributed by atoms with Gasteiger partial charge < -0.3 is 10.2 Å². The molecule has 8 heteroatoms. The quantitative estimate of drug-likeness (QED) is 0.732. The summed E-state index contributed by atoms with van der Waals surface area (Å²) < 4.78 is 0. The lowest BCUT2D eigenvalue weighted by Crippen LogP contribution is -2.52. The molecule has 0 spiro atoms. The minimum Gasteiger partial charge on any atom is -0.322 e. The van der Waals surface area contributed by atoms with Crippen molar-refractivity contribution in [3.05, 3.63) is 58.7 Å². The van der Waals surface area contributed by atoms with Gasteiger partial charge in [0.05, 0.1) is 0 Å². The van der Waals surface area contributed by atoms with Gasteiger partial charge in [-0.2, -0.15) is 0 Å². The topological polar surface area (TPSA) is 98.8 Å². The second-order valence-corrected chi connectivity index (χ2v) is 8.24. The van der Waals surface area contributed by atoms with Crippen LogP contribution in [0.2, 0.25) is 0 Å². The monoisotopic (exact) mass is 418 g/mol. The minimum absolute atomic E-state index is 0.212. The third-order valence-corrected chi connectivity index (χ3v) is 6.16. The summed E-state index contributed by atoms with van der Waals surface area (Å²) in [7, 11) is 0. The summed E-state index contributed by atoms with van der Waals surface area (Å²) in [5.74, 6) is -0.977. The van der Waals surface area contributed by atoms with Crippen LogP contribution in [0.4, 0.5) is 16.2 Å². The Bertz CT molecular complexity index is 1140. The molecule has 3 aliphatic heterocycles. The first-order valence-electron chi connectivity index (χ1n) is 10.4. The van der Waals surface area contributed by atoms with Crippen LogP contribution in [0.25, 0.3) is 0 Å². The van der Waals surface area contributed by atoms with E-state index in [1.54, 1.807) is 23.1 Å². The average Bonchev–Trinajstić information content (AvgIpc) is 3.29. The molecule has 158 valence electrons. The van der Waals surface area contributed by atoms with Crippen molar-refractivity contribution in [1.29, 1.82) is 0 Å². The van der Waals surface area contributed by atoms with Gasteiger partial charge in [-0.3, -0.25) is 24.6 Å². The van der Waals surface area contributed by atoms with E-state index in [1.165, 1.54) is 4.90 Å². The van der Waals surface area contributed by atoms with E-state index in [2.05, 4.69) is 16.7 Å². The van der Waals surface area contributed by atoms with E-state index >= 15 is 0 Å². The highest BCUT2D eigenvalue weighted by Crippen LogP contribution is 2.31. The van der Waals surface area contributed by atoms with Gasteiger partial charge in [-0.25, -0.2) is 4.79 Å². The van der Waals surface area contributed by atoms with Crippen LogP contribution in [0.15, 0.2) is 36.4 Å². The summed E-state index contributed by atoms with van der Waals surface area (Å²) in [5, 5.41) is 5.23. The Labute approximate surface area is 179 Å². The van der Waals surface area contributed by atoms with Crippen LogP contribution in [0, 0.1) is 6.92 Å². The number of nitrogens with one attached hydrogen (secondary N) is 2. The molecule has 0 radical (unpaired) electrons. The van der Waals surface area contributed by atoms with Crippen LogP contribution in [-0.4, -0.2) is 41.2 Å². The molecule has 8 nitrogen and oxygen atoms in total. The number of amides is 5. The number of hydrogen-bond acceptors (Lipinski definition) is 4. The Morgan fingerprint density at radius 2 is 1.90 bits per heavy atom. The fourth-order valence-electron chi connectivity index (χ4n) is 4.54. The van der Waals surface area contributed by atoms with Gasteiger partial charge in [0.25, 0.3) is 5.91 Å². The van der Waals surface area contributed by atoms with Gasteiger partial charge >= 0.3 is 6.03 Å². The third-order valence-electron chi connectivity index (χ3n) is 6.16.